The Bertz CT molecular complexity index is 872. The molecule has 1 unspecified atom stereocenters. The number of hydrogen-bond donors (Lipinski definition) is 1. The zero-order valence-corrected chi connectivity index (χ0v) is 15.7. The van der Waals surface area contributed by atoms with Crippen LogP contribution in [0.3, 0.4) is 0 Å². The fraction of sp³-hybridized carbons (Fsp3) is 0.278. The molecule has 1 aromatic carbocycles. The lowest BCUT2D eigenvalue weighted by molar-refractivity contribution is -0.380. The maximum Gasteiger partial charge on any atom is 0.349 e. The molecule has 1 atom stereocenters. The van der Waals surface area contributed by atoms with E-state index in [4.69, 9.17) is 4.74 Å². The van der Waals surface area contributed by atoms with Gasteiger partial charge in [0.1, 0.15) is 4.88 Å². The Morgan fingerprint density at radius 1 is 1.07 bits per heavy atom. The highest BCUT2D eigenvalue weighted by atomic mass is 32.1. The smallest absolute Gasteiger partial charge is 0.349 e. The van der Waals surface area contributed by atoms with Gasteiger partial charge in [-0.05, 0) is 37.3 Å². The first kappa shape index (κ1) is 20.2. The molecule has 1 heterocycles. The number of ether oxygens (including phenoxy) is 1. The Balaban J connectivity index is 2.00. The summed E-state index contributed by atoms with van der Waals surface area (Å²) >= 11 is 0.683. The van der Waals surface area contributed by atoms with Gasteiger partial charge in [0.15, 0.2) is 6.10 Å². The number of nitrogens with one attached hydrogen (secondary N) is 1. The molecule has 27 heavy (non-hydrogen) atoms. The molecule has 1 N–H and O–H groups in total. The predicted molar refractivity (Wildman–Crippen MR) is 100 cm³/mol. The summed E-state index contributed by atoms with van der Waals surface area (Å²) in [5.41, 5.74) is 0.871. The van der Waals surface area contributed by atoms with E-state index in [0.29, 0.717) is 22.6 Å². The third kappa shape index (κ3) is 5.20. The van der Waals surface area contributed by atoms with E-state index >= 15 is 0 Å². The second-order valence-corrected chi connectivity index (χ2v) is 7.09. The highest BCUT2D eigenvalue weighted by Crippen LogP contribution is 2.25. The van der Waals surface area contributed by atoms with Crippen molar-refractivity contribution in [3.05, 3.63) is 57.0 Å². The van der Waals surface area contributed by atoms with Gasteiger partial charge >= 0.3 is 11.0 Å². The molecule has 0 spiro atoms. The predicted octanol–water partition coefficient (Wildman–Crippen LogP) is 3.68. The number of carbonyl (C=O) groups is 3. The maximum absolute atomic E-state index is 12.4. The van der Waals surface area contributed by atoms with Gasteiger partial charge in [0.25, 0.3) is 0 Å². The number of nitrogens with zero attached hydrogens (tertiary/aromatic N) is 1. The van der Waals surface area contributed by atoms with E-state index in [1.807, 2.05) is 0 Å². The summed E-state index contributed by atoms with van der Waals surface area (Å²) in [5.74, 6) is -1.52. The molecular formula is C18H18N2O6S. The Hall–Kier alpha value is -3.07. The topological polar surface area (TPSA) is 116 Å². The van der Waals surface area contributed by atoms with E-state index in [2.05, 4.69) is 5.32 Å². The van der Waals surface area contributed by atoms with Gasteiger partial charge in [-0.15, -0.1) is 0 Å². The van der Waals surface area contributed by atoms with Gasteiger partial charge in [-0.1, -0.05) is 25.2 Å². The lowest BCUT2D eigenvalue weighted by Gasteiger charge is -2.12. The van der Waals surface area contributed by atoms with Gasteiger partial charge in [0.2, 0.25) is 11.7 Å². The Labute approximate surface area is 159 Å². The number of esters is 1. The third-order valence-corrected chi connectivity index (χ3v) is 4.60. The van der Waals surface area contributed by atoms with Gasteiger partial charge in [0.05, 0.1) is 4.92 Å². The van der Waals surface area contributed by atoms with Gasteiger partial charge in [-0.3, -0.25) is 19.7 Å². The van der Waals surface area contributed by atoms with E-state index in [1.54, 1.807) is 26.0 Å². The summed E-state index contributed by atoms with van der Waals surface area (Å²) in [6.07, 6.45) is -1.06. The Morgan fingerprint density at radius 2 is 1.70 bits per heavy atom. The van der Waals surface area contributed by atoms with Crippen LogP contribution in [0.1, 0.15) is 40.8 Å². The quantitative estimate of drug-likeness (QED) is 0.334. The lowest BCUT2D eigenvalue weighted by Crippen LogP contribution is -2.24. The van der Waals surface area contributed by atoms with Crippen LogP contribution in [0.5, 0.6) is 0 Å². The highest BCUT2D eigenvalue weighted by Gasteiger charge is 2.23. The molecule has 0 saturated heterocycles. The van der Waals surface area contributed by atoms with Crippen LogP contribution in [-0.4, -0.2) is 28.7 Å². The number of amides is 1. The zero-order chi connectivity index (χ0) is 20.1. The normalized spacial score (nSPS) is 11.7. The molecule has 0 fully saturated rings. The molecule has 0 bridgehead atoms. The first-order valence-corrected chi connectivity index (χ1v) is 8.91. The molecule has 142 valence electrons. The van der Waals surface area contributed by atoms with Crippen LogP contribution in [0, 0.1) is 16.0 Å². The van der Waals surface area contributed by atoms with Crippen molar-refractivity contribution in [3.8, 4) is 0 Å². The maximum atomic E-state index is 12.4. The third-order valence-electron chi connectivity index (χ3n) is 3.59. The van der Waals surface area contributed by atoms with Gasteiger partial charge in [-0.2, -0.15) is 0 Å². The molecule has 8 nitrogen and oxygen atoms in total. The van der Waals surface area contributed by atoms with E-state index in [1.165, 1.54) is 31.2 Å². The molecule has 1 amide bonds. The zero-order valence-electron chi connectivity index (χ0n) is 14.9. The summed E-state index contributed by atoms with van der Waals surface area (Å²) in [6.45, 7) is 4.97. The SMILES string of the molecule is CC(C)C(=O)Nc1ccc(C(=O)C(C)OC(=O)c2ccc([N+](=O)[O-])s2)cc1. The molecule has 0 aliphatic heterocycles. The number of Topliss-reactive ketones (excluding diaryl/α,β-unsaturated/α-hetero) is 1. The van der Waals surface area contributed by atoms with Crippen LogP contribution in [0.15, 0.2) is 36.4 Å². The van der Waals surface area contributed by atoms with Crippen LogP contribution in [-0.2, 0) is 9.53 Å². The van der Waals surface area contributed by atoms with E-state index < -0.39 is 22.8 Å². The highest BCUT2D eigenvalue weighted by molar-refractivity contribution is 7.17. The number of benzene rings is 1. The minimum Gasteiger partial charge on any atom is -0.450 e. The van der Waals surface area contributed by atoms with Crippen molar-refractivity contribution in [1.82, 2.24) is 0 Å². The summed E-state index contributed by atoms with van der Waals surface area (Å²) in [4.78, 5) is 46.2. The van der Waals surface area contributed by atoms with E-state index in [9.17, 15) is 24.5 Å². The van der Waals surface area contributed by atoms with Crippen LogP contribution in [0.2, 0.25) is 0 Å². The number of rotatable bonds is 7. The van der Waals surface area contributed by atoms with Crippen LogP contribution in [0.25, 0.3) is 0 Å². The largest absolute Gasteiger partial charge is 0.450 e. The second kappa shape index (κ2) is 8.54. The monoisotopic (exact) mass is 390 g/mol. The summed E-state index contributed by atoms with van der Waals surface area (Å²) < 4.78 is 5.10. The summed E-state index contributed by atoms with van der Waals surface area (Å²) in [7, 11) is 0. The average molecular weight is 390 g/mol. The summed E-state index contributed by atoms with van der Waals surface area (Å²) in [6, 6.07) is 8.72. The molecule has 0 saturated carbocycles. The molecule has 0 radical (unpaired) electrons. The van der Waals surface area contributed by atoms with Crippen molar-refractivity contribution >= 4 is 39.7 Å². The Morgan fingerprint density at radius 3 is 2.22 bits per heavy atom. The van der Waals surface area contributed by atoms with E-state index in [-0.39, 0.29) is 21.7 Å². The number of carbonyl (C=O) groups excluding carboxylic acids is 3. The number of thiophene rings is 1. The van der Waals surface area contributed by atoms with Gasteiger partial charge in [0, 0.05) is 23.2 Å². The number of anilines is 1. The number of hydrogen-bond acceptors (Lipinski definition) is 7. The summed E-state index contributed by atoms with van der Waals surface area (Å²) in [5, 5.41) is 13.2. The lowest BCUT2D eigenvalue weighted by atomic mass is 10.1. The van der Waals surface area contributed by atoms with Crippen LogP contribution in [0.4, 0.5) is 10.7 Å². The molecule has 1 aromatic heterocycles. The number of ketones is 1. The fourth-order valence-electron chi connectivity index (χ4n) is 2.05. The van der Waals surface area contributed by atoms with E-state index in [0.717, 1.165) is 0 Å². The fourth-order valence-corrected chi connectivity index (χ4v) is 2.75. The Kier molecular flexibility index (Phi) is 6.40. The first-order valence-electron chi connectivity index (χ1n) is 8.09. The molecule has 2 aromatic rings. The van der Waals surface area contributed by atoms with Crippen LogP contribution >= 0.6 is 11.3 Å². The molecule has 2 rings (SSSR count). The van der Waals surface area contributed by atoms with Crippen molar-refractivity contribution in [3.63, 3.8) is 0 Å². The van der Waals surface area contributed by atoms with Crippen molar-refractivity contribution in [2.75, 3.05) is 5.32 Å². The number of nitro groups is 1. The van der Waals surface area contributed by atoms with Crippen molar-refractivity contribution in [2.45, 2.75) is 26.9 Å². The molecular weight excluding hydrogens is 372 g/mol. The minimum atomic E-state index is -1.06. The molecule has 9 heteroatoms. The average Bonchev–Trinajstić information content (AvgIpc) is 3.12. The standard InChI is InChI=1S/C18H18N2O6S/c1-10(2)17(22)19-13-6-4-12(5-7-13)16(21)11(3)26-18(23)14-8-9-15(27-14)20(24)25/h4-11H,1-3H3,(H,19,22). The van der Waals surface area contributed by atoms with Crippen molar-refractivity contribution in [1.29, 1.82) is 0 Å². The van der Waals surface area contributed by atoms with Crippen molar-refractivity contribution < 1.29 is 24.0 Å². The van der Waals surface area contributed by atoms with Crippen LogP contribution < -0.4 is 5.32 Å². The second-order valence-electron chi connectivity index (χ2n) is 6.03. The minimum absolute atomic E-state index is 0.0492. The van der Waals surface area contributed by atoms with Gasteiger partial charge in [-0.25, -0.2) is 4.79 Å². The van der Waals surface area contributed by atoms with Gasteiger partial charge < -0.3 is 10.1 Å². The van der Waals surface area contributed by atoms with Crippen molar-refractivity contribution in [2.24, 2.45) is 5.92 Å². The first-order chi connectivity index (χ1) is 12.7. The molecule has 0 aliphatic carbocycles. The molecule has 0 aliphatic rings.